The summed E-state index contributed by atoms with van der Waals surface area (Å²) in [5.41, 5.74) is 0.622. The number of halogens is 1. The second kappa shape index (κ2) is 5.65. The van der Waals surface area contributed by atoms with Gasteiger partial charge in [-0.3, -0.25) is 9.59 Å². The second-order valence-corrected chi connectivity index (χ2v) is 4.11. The molecule has 0 aromatic heterocycles. The molecule has 1 aromatic carbocycles. The number of hydrogen-bond donors (Lipinski definition) is 1. The third-order valence-electron chi connectivity index (χ3n) is 1.94. The number of hydrogen-bond acceptors (Lipinski definition) is 3. The average molecular weight is 286 g/mol. The van der Waals surface area contributed by atoms with E-state index in [-0.39, 0.29) is 11.7 Å². The number of nitrogens with one attached hydrogen (secondary N) is 1. The Balaban J connectivity index is 2.66. The molecule has 0 aliphatic heterocycles. The van der Waals surface area contributed by atoms with Crippen LogP contribution in [0.5, 0.6) is 5.75 Å². The van der Waals surface area contributed by atoms with Crippen LogP contribution in [0, 0.1) is 0 Å². The van der Waals surface area contributed by atoms with Gasteiger partial charge in [-0.1, -0.05) is 15.9 Å². The first kappa shape index (κ1) is 12.7. The smallest absolute Gasteiger partial charge is 0.245 e. The fourth-order valence-electron chi connectivity index (χ4n) is 1.06. The van der Waals surface area contributed by atoms with E-state index in [1.807, 2.05) is 0 Å². The van der Waals surface area contributed by atoms with Gasteiger partial charge in [0.15, 0.2) is 10.6 Å². The van der Waals surface area contributed by atoms with Crippen molar-refractivity contribution in [1.82, 2.24) is 0 Å². The molecule has 86 valence electrons. The molecule has 0 radical (unpaired) electrons. The van der Waals surface area contributed by atoms with Gasteiger partial charge in [-0.05, 0) is 31.2 Å². The molecule has 1 N–H and O–H groups in total. The Labute approximate surface area is 102 Å². The van der Waals surface area contributed by atoms with Gasteiger partial charge >= 0.3 is 0 Å². The summed E-state index contributed by atoms with van der Waals surface area (Å²) in [7, 11) is 1.57. The third kappa shape index (κ3) is 3.34. The molecule has 16 heavy (non-hydrogen) atoms. The Morgan fingerprint density at radius 3 is 2.31 bits per heavy atom. The van der Waals surface area contributed by atoms with Crippen LogP contribution >= 0.6 is 15.9 Å². The van der Waals surface area contributed by atoms with Crippen LogP contribution in [0.3, 0.4) is 0 Å². The van der Waals surface area contributed by atoms with E-state index in [1.165, 1.54) is 6.92 Å². The van der Waals surface area contributed by atoms with Crippen molar-refractivity contribution < 1.29 is 14.3 Å². The van der Waals surface area contributed by atoms with Gasteiger partial charge in [-0.25, -0.2) is 0 Å². The molecule has 1 amide bonds. The second-order valence-electron chi connectivity index (χ2n) is 3.19. The van der Waals surface area contributed by atoms with Crippen molar-refractivity contribution >= 4 is 33.3 Å². The minimum Gasteiger partial charge on any atom is -0.497 e. The van der Waals surface area contributed by atoms with Crippen LogP contribution in [0.2, 0.25) is 0 Å². The molecule has 0 saturated heterocycles. The summed E-state index contributed by atoms with van der Waals surface area (Å²) in [6.45, 7) is 1.35. The molecule has 0 spiro atoms. The van der Waals surface area contributed by atoms with Crippen LogP contribution in [0.1, 0.15) is 6.92 Å². The summed E-state index contributed by atoms with van der Waals surface area (Å²) >= 11 is 3.01. The van der Waals surface area contributed by atoms with Crippen molar-refractivity contribution in [2.75, 3.05) is 12.4 Å². The Kier molecular flexibility index (Phi) is 4.49. The minimum atomic E-state index is -0.811. The highest BCUT2D eigenvalue weighted by molar-refractivity contribution is 9.10. The van der Waals surface area contributed by atoms with Gasteiger partial charge in [0.05, 0.1) is 7.11 Å². The molecule has 5 heteroatoms. The lowest BCUT2D eigenvalue weighted by Crippen LogP contribution is -2.28. The summed E-state index contributed by atoms with van der Waals surface area (Å²) < 4.78 is 4.98. The summed E-state index contributed by atoms with van der Waals surface area (Å²) in [6.07, 6.45) is 0. The summed E-state index contributed by atoms with van der Waals surface area (Å²) in [4.78, 5) is 21.6. The Morgan fingerprint density at radius 2 is 1.88 bits per heavy atom. The van der Waals surface area contributed by atoms with Crippen molar-refractivity contribution in [2.45, 2.75) is 11.8 Å². The molecule has 0 fully saturated rings. The lowest BCUT2D eigenvalue weighted by atomic mass is 10.2. The number of alkyl halides is 1. The van der Waals surface area contributed by atoms with E-state index in [9.17, 15) is 9.59 Å². The zero-order valence-electron chi connectivity index (χ0n) is 8.99. The van der Waals surface area contributed by atoms with Crippen molar-refractivity contribution in [3.05, 3.63) is 24.3 Å². The normalized spacial score (nSPS) is 11.7. The molecular weight excluding hydrogens is 274 g/mol. The Morgan fingerprint density at radius 1 is 1.31 bits per heavy atom. The fourth-order valence-corrected chi connectivity index (χ4v) is 1.18. The lowest BCUT2D eigenvalue weighted by molar-refractivity contribution is -0.123. The van der Waals surface area contributed by atoms with E-state index < -0.39 is 4.83 Å². The van der Waals surface area contributed by atoms with Gasteiger partial charge < -0.3 is 10.1 Å². The van der Waals surface area contributed by atoms with E-state index in [1.54, 1.807) is 31.4 Å². The van der Waals surface area contributed by atoms with E-state index in [2.05, 4.69) is 21.2 Å². The first-order chi connectivity index (χ1) is 7.54. The van der Waals surface area contributed by atoms with Crippen LogP contribution in [-0.4, -0.2) is 23.6 Å². The van der Waals surface area contributed by atoms with Gasteiger partial charge in [0, 0.05) is 5.69 Å². The molecule has 0 aliphatic rings. The monoisotopic (exact) mass is 285 g/mol. The van der Waals surface area contributed by atoms with Gasteiger partial charge in [0.2, 0.25) is 5.91 Å². The minimum absolute atomic E-state index is 0.231. The zero-order valence-corrected chi connectivity index (χ0v) is 10.6. The van der Waals surface area contributed by atoms with Gasteiger partial charge in [0.1, 0.15) is 5.75 Å². The molecular formula is C11H12BrNO3. The first-order valence-electron chi connectivity index (χ1n) is 4.64. The number of rotatable bonds is 4. The molecule has 1 rings (SSSR count). The predicted octanol–water partition coefficient (Wildman–Crippen LogP) is 1.99. The van der Waals surface area contributed by atoms with E-state index in [4.69, 9.17) is 4.74 Å². The van der Waals surface area contributed by atoms with E-state index in [0.717, 1.165) is 0 Å². The molecule has 1 atom stereocenters. The first-order valence-corrected chi connectivity index (χ1v) is 5.55. The number of ether oxygens (including phenoxy) is 1. The van der Waals surface area contributed by atoms with Crippen molar-refractivity contribution in [1.29, 1.82) is 0 Å². The van der Waals surface area contributed by atoms with Crippen LogP contribution < -0.4 is 10.1 Å². The standard InChI is InChI=1S/C11H12BrNO3/c1-7(14)10(12)11(15)13-8-3-5-9(16-2)6-4-8/h3-6,10H,1-2H3,(H,13,15). The molecule has 1 aromatic rings. The van der Waals surface area contributed by atoms with Crippen LogP contribution in [0.25, 0.3) is 0 Å². The maximum absolute atomic E-state index is 11.5. The van der Waals surface area contributed by atoms with Crippen molar-refractivity contribution in [3.63, 3.8) is 0 Å². The fraction of sp³-hybridized carbons (Fsp3) is 0.273. The van der Waals surface area contributed by atoms with Crippen LogP contribution in [0.4, 0.5) is 5.69 Å². The van der Waals surface area contributed by atoms with Crippen molar-refractivity contribution in [2.24, 2.45) is 0 Å². The SMILES string of the molecule is COc1ccc(NC(=O)C(Br)C(C)=O)cc1. The number of benzene rings is 1. The van der Waals surface area contributed by atoms with Gasteiger partial charge in [-0.15, -0.1) is 0 Å². The van der Waals surface area contributed by atoms with Gasteiger partial charge in [0.25, 0.3) is 0 Å². The topological polar surface area (TPSA) is 55.4 Å². The van der Waals surface area contributed by atoms with E-state index in [0.29, 0.717) is 11.4 Å². The molecule has 0 heterocycles. The van der Waals surface area contributed by atoms with Crippen LogP contribution in [0.15, 0.2) is 24.3 Å². The molecule has 0 bridgehead atoms. The summed E-state index contributed by atoms with van der Waals surface area (Å²) in [5.74, 6) is 0.101. The number of carbonyl (C=O) groups excluding carboxylic acids is 2. The summed E-state index contributed by atoms with van der Waals surface area (Å²) in [6, 6.07) is 6.87. The Bertz CT molecular complexity index is 389. The highest BCUT2D eigenvalue weighted by Crippen LogP contribution is 2.16. The number of methoxy groups -OCH3 is 1. The quantitative estimate of drug-likeness (QED) is 0.680. The third-order valence-corrected chi connectivity index (χ3v) is 3.01. The van der Waals surface area contributed by atoms with E-state index >= 15 is 0 Å². The number of carbonyl (C=O) groups is 2. The molecule has 0 aliphatic carbocycles. The lowest BCUT2D eigenvalue weighted by Gasteiger charge is -2.08. The highest BCUT2D eigenvalue weighted by Gasteiger charge is 2.19. The maximum Gasteiger partial charge on any atom is 0.245 e. The highest BCUT2D eigenvalue weighted by atomic mass is 79.9. The van der Waals surface area contributed by atoms with Crippen molar-refractivity contribution in [3.8, 4) is 5.75 Å². The van der Waals surface area contributed by atoms with Crippen LogP contribution in [-0.2, 0) is 9.59 Å². The molecule has 4 nitrogen and oxygen atoms in total. The summed E-state index contributed by atoms with van der Waals surface area (Å²) in [5, 5.41) is 2.61. The predicted molar refractivity (Wildman–Crippen MR) is 65.0 cm³/mol. The average Bonchev–Trinajstić information content (AvgIpc) is 2.28. The number of Topliss-reactive ketones (excluding diaryl/α,β-unsaturated/α-hetero) is 1. The number of anilines is 1. The maximum atomic E-state index is 11.5. The van der Waals surface area contributed by atoms with Gasteiger partial charge in [-0.2, -0.15) is 0 Å². The molecule has 0 saturated carbocycles. The zero-order chi connectivity index (χ0) is 12.1. The largest absolute Gasteiger partial charge is 0.497 e. The number of amides is 1. The Hall–Kier alpha value is -1.36. The number of ketones is 1. The molecule has 1 unspecified atom stereocenters.